The van der Waals surface area contributed by atoms with Gasteiger partial charge in [-0.25, -0.2) is 15.8 Å². The van der Waals surface area contributed by atoms with Crippen molar-refractivity contribution in [3.8, 4) is 22.1 Å². The Kier molecular flexibility index (Phi) is 11.0. The third-order valence-corrected chi connectivity index (χ3v) is 11.9. The van der Waals surface area contributed by atoms with Gasteiger partial charge in [-0.2, -0.15) is 0 Å². The van der Waals surface area contributed by atoms with Crippen LogP contribution < -0.4 is 21.9 Å². The summed E-state index contributed by atoms with van der Waals surface area (Å²) in [5.74, 6) is 6.51. The number of aromatic nitrogens is 9. The maximum Gasteiger partial charge on any atom is 0.275 e. The molecule has 0 bridgehead atoms. The Balaban J connectivity index is 0.000000165. The van der Waals surface area contributed by atoms with Crippen molar-refractivity contribution < 1.29 is 14.4 Å². The molecule has 9 rings (SSSR count). The van der Waals surface area contributed by atoms with Crippen molar-refractivity contribution in [1.82, 2.24) is 49.3 Å². The van der Waals surface area contributed by atoms with Crippen molar-refractivity contribution in [1.29, 1.82) is 0 Å². The van der Waals surface area contributed by atoms with E-state index < -0.39 is 5.91 Å². The molecule has 0 spiro atoms. The Morgan fingerprint density at radius 3 is 1.81 bits per heavy atom. The monoisotopic (exact) mass is 815 g/mol. The highest BCUT2D eigenvalue weighted by atomic mass is 32.1. The van der Waals surface area contributed by atoms with Crippen molar-refractivity contribution in [2.24, 2.45) is 11.8 Å². The molecule has 0 aromatic carbocycles. The molecule has 0 radical (unpaired) electrons. The molecule has 7 aromatic rings. The molecule has 58 heavy (non-hydrogen) atoms. The maximum absolute atomic E-state index is 12.9. The summed E-state index contributed by atoms with van der Waals surface area (Å²) >= 11 is 2.72. The lowest BCUT2D eigenvalue weighted by Gasteiger charge is -2.18. The lowest BCUT2D eigenvalue weighted by molar-refractivity contribution is 0.0955. The van der Waals surface area contributed by atoms with E-state index in [1.807, 2.05) is 45.1 Å². The Morgan fingerprint density at radius 2 is 1.28 bits per heavy atom. The topological polar surface area (TPSA) is 205 Å². The number of pyridine rings is 2. The summed E-state index contributed by atoms with van der Waals surface area (Å²) in [6, 6.07) is 10.9. The van der Waals surface area contributed by atoms with Crippen molar-refractivity contribution in [2.45, 2.75) is 64.3 Å². The predicted octanol–water partition coefficient (Wildman–Crippen LogP) is 7.00. The highest BCUT2D eigenvalue weighted by Gasteiger charge is 2.27. The van der Waals surface area contributed by atoms with Gasteiger partial charge in [0.25, 0.3) is 17.7 Å². The van der Waals surface area contributed by atoms with Gasteiger partial charge >= 0.3 is 0 Å². The fourth-order valence-corrected chi connectivity index (χ4v) is 7.66. The smallest absolute Gasteiger partial charge is 0.275 e. The summed E-state index contributed by atoms with van der Waals surface area (Å²) in [5.41, 5.74) is 7.80. The number of carbonyl (C=O) groups excluding carboxylic acids is 3. The molecule has 1 unspecified atom stereocenters. The first-order valence-corrected chi connectivity index (χ1v) is 20.6. The van der Waals surface area contributed by atoms with Crippen LogP contribution in [-0.2, 0) is 0 Å². The first-order valence-electron chi connectivity index (χ1n) is 18.8. The molecule has 296 valence electrons. The Labute approximate surface area is 341 Å². The number of carbonyl (C=O) groups is 3. The molecule has 3 amide bonds. The van der Waals surface area contributed by atoms with Gasteiger partial charge in [0, 0.05) is 53.4 Å². The number of rotatable bonds is 12. The molecule has 5 N–H and O–H groups in total. The molecule has 2 fully saturated rings. The second-order valence-corrected chi connectivity index (χ2v) is 16.4. The van der Waals surface area contributed by atoms with Crippen LogP contribution in [0, 0.1) is 5.92 Å². The number of nitrogens with zero attached hydrogens (tertiary/aromatic N) is 9. The lowest BCUT2D eigenvalue weighted by atomic mass is 10.1. The van der Waals surface area contributed by atoms with Crippen LogP contribution in [0.15, 0.2) is 90.9 Å². The summed E-state index contributed by atoms with van der Waals surface area (Å²) in [6.07, 6.45) is 17.4. The average Bonchev–Trinajstić information content (AvgIpc) is 3.84. The van der Waals surface area contributed by atoms with Gasteiger partial charge in [-0.1, -0.05) is 13.8 Å². The van der Waals surface area contributed by atoms with Gasteiger partial charge in [-0.3, -0.25) is 29.8 Å². The Morgan fingerprint density at radius 1 is 0.724 bits per heavy atom. The number of hydrogen-bond donors (Lipinski definition) is 4. The van der Waals surface area contributed by atoms with Crippen molar-refractivity contribution in [3.05, 3.63) is 119 Å². The van der Waals surface area contributed by atoms with Gasteiger partial charge < -0.3 is 24.3 Å². The molecule has 16 nitrogen and oxygen atoms in total. The quantitative estimate of drug-likeness (QED) is 0.0565. The van der Waals surface area contributed by atoms with Crippen molar-refractivity contribution in [3.63, 3.8) is 0 Å². The number of amides is 3. The fraction of sp³-hybridized carbons (Fsp3) is 0.275. The third-order valence-electron chi connectivity index (χ3n) is 10.0. The first kappa shape index (κ1) is 38.5. The molecule has 7 aromatic heterocycles. The molecule has 2 aliphatic carbocycles. The van der Waals surface area contributed by atoms with Gasteiger partial charge in [-0.15, -0.1) is 32.9 Å². The molecule has 18 heteroatoms. The highest BCUT2D eigenvalue weighted by molar-refractivity contribution is 7.14. The summed E-state index contributed by atoms with van der Waals surface area (Å²) in [6.45, 7) is 6.50. The summed E-state index contributed by atoms with van der Waals surface area (Å²) in [4.78, 5) is 55.4. The van der Waals surface area contributed by atoms with Crippen LogP contribution in [0.1, 0.15) is 106 Å². The minimum atomic E-state index is -0.401. The zero-order valence-electron chi connectivity index (χ0n) is 31.9. The van der Waals surface area contributed by atoms with Crippen molar-refractivity contribution >= 4 is 51.8 Å². The number of nitrogens with two attached hydrogens (primary N) is 1. The Bertz CT molecular complexity index is 2580. The van der Waals surface area contributed by atoms with Crippen LogP contribution in [0.5, 0.6) is 0 Å². The van der Waals surface area contributed by atoms with Gasteiger partial charge in [0.15, 0.2) is 5.82 Å². The predicted molar refractivity (Wildman–Crippen MR) is 221 cm³/mol. The number of hydrazine groups is 1. The number of nitrogen functional groups attached to an aromatic ring is 1. The molecule has 0 aliphatic heterocycles. The molecular weight excluding hydrogens is 775 g/mol. The average molecular weight is 816 g/mol. The number of nitrogens with one attached hydrogen (secondary N) is 3. The molecular formula is C40H41N13O3S2. The summed E-state index contributed by atoms with van der Waals surface area (Å²) in [5, 5.41) is 17.6. The van der Waals surface area contributed by atoms with Crippen LogP contribution in [0.25, 0.3) is 22.1 Å². The third kappa shape index (κ3) is 8.78. The van der Waals surface area contributed by atoms with Gasteiger partial charge in [0.1, 0.15) is 17.7 Å². The summed E-state index contributed by atoms with van der Waals surface area (Å²) in [7, 11) is 0. The second-order valence-electron chi connectivity index (χ2n) is 14.6. The second kappa shape index (κ2) is 16.6. The van der Waals surface area contributed by atoms with E-state index in [2.05, 4.69) is 71.5 Å². The highest BCUT2D eigenvalue weighted by Crippen LogP contribution is 2.40. The molecule has 2 aliphatic rings. The molecule has 2 saturated carbocycles. The normalized spacial score (nSPS) is 14.1. The van der Waals surface area contributed by atoms with E-state index >= 15 is 0 Å². The minimum Gasteiger partial charge on any atom is -0.320 e. The van der Waals surface area contributed by atoms with Crippen LogP contribution in [0.2, 0.25) is 0 Å². The maximum atomic E-state index is 12.9. The number of imidazole rings is 2. The van der Waals surface area contributed by atoms with E-state index in [-0.39, 0.29) is 23.6 Å². The zero-order chi connectivity index (χ0) is 40.3. The van der Waals surface area contributed by atoms with E-state index in [4.69, 9.17) is 5.84 Å². The minimum absolute atomic E-state index is 0.254. The van der Waals surface area contributed by atoms with Crippen LogP contribution in [0.3, 0.4) is 0 Å². The van der Waals surface area contributed by atoms with E-state index in [9.17, 15) is 14.4 Å². The van der Waals surface area contributed by atoms with Gasteiger partial charge in [0.05, 0.1) is 56.5 Å². The van der Waals surface area contributed by atoms with E-state index in [1.165, 1.54) is 48.4 Å². The zero-order valence-corrected chi connectivity index (χ0v) is 33.6. The summed E-state index contributed by atoms with van der Waals surface area (Å²) < 4.78 is 5.91. The van der Waals surface area contributed by atoms with E-state index in [0.29, 0.717) is 39.7 Å². The lowest BCUT2D eigenvalue weighted by Crippen LogP contribution is -2.29. The molecule has 0 saturated heterocycles. The van der Waals surface area contributed by atoms with Crippen LogP contribution in [-0.4, -0.2) is 61.6 Å². The van der Waals surface area contributed by atoms with Crippen molar-refractivity contribution in [2.75, 3.05) is 10.6 Å². The van der Waals surface area contributed by atoms with Crippen LogP contribution in [0.4, 0.5) is 11.4 Å². The Hall–Kier alpha value is -6.37. The van der Waals surface area contributed by atoms with E-state index in [1.54, 1.807) is 55.0 Å². The number of hydrogen-bond acceptors (Lipinski definition) is 12. The molecule has 1 atom stereocenters. The van der Waals surface area contributed by atoms with Crippen LogP contribution >= 0.6 is 22.7 Å². The number of anilines is 2. The molecule has 7 heterocycles. The van der Waals surface area contributed by atoms with Gasteiger partial charge in [0.2, 0.25) is 0 Å². The largest absolute Gasteiger partial charge is 0.320 e. The number of thiophene rings is 2. The standard InChI is InChI=1S/C23H25N7OS.C17H16N6O2S/c1-14(2)15(3)30-13-26-28-22(30)21-8-17(11-32-21)27-23(31)19-9-18(6-7-24-19)29-10-20(25-12-29)16-4-5-16;18-22-17(25)15-5-11(8-26-15)21-16(24)13-6-12(3-4-19-13)23-7-14(20-9-23)10-1-2-10/h6-16H,4-5H2,1-3H3,(H,27,31);3-10H,1-2,18H2,(H,21,24)(H,22,25). The SMILES string of the molecule is CC(C)C(C)n1cnnc1-c1cc(NC(=O)c2cc(-n3cnc(C4CC4)c3)ccn2)cs1.NNC(=O)c1cc(NC(=O)c2cc(-n3cnc(C4CC4)c3)ccn2)cs1. The van der Waals surface area contributed by atoms with Gasteiger partial charge in [-0.05, 0) is 74.9 Å². The fourth-order valence-electron chi connectivity index (χ4n) is 6.09. The van der Waals surface area contributed by atoms with E-state index in [0.717, 1.165) is 33.5 Å². The first-order chi connectivity index (χ1) is 28.1.